The quantitative estimate of drug-likeness (QED) is 0.761. The molecule has 0 aromatic heterocycles. The summed E-state index contributed by atoms with van der Waals surface area (Å²) < 4.78 is 12.8. The number of rotatable bonds is 4. The molecular weight excluding hydrogens is 251 g/mol. The normalized spacial score (nSPS) is 12.1. The van der Waals surface area contributed by atoms with E-state index in [4.69, 9.17) is 11.6 Å². The fourth-order valence-electron chi connectivity index (χ4n) is 1.87. The van der Waals surface area contributed by atoms with Crippen molar-refractivity contribution < 1.29 is 9.18 Å². The van der Waals surface area contributed by atoms with E-state index in [0.29, 0.717) is 11.4 Å². The minimum atomic E-state index is -0.300. The predicted molar refractivity (Wildman–Crippen MR) is 70.4 cm³/mol. The van der Waals surface area contributed by atoms with Crippen molar-refractivity contribution in [2.24, 2.45) is 0 Å². The van der Waals surface area contributed by atoms with Gasteiger partial charge in [-0.05, 0) is 41.8 Å². The van der Waals surface area contributed by atoms with Gasteiger partial charge in [0, 0.05) is 10.9 Å². The smallest absolute Gasteiger partial charge is 0.127 e. The van der Waals surface area contributed by atoms with Gasteiger partial charge in [0.05, 0.1) is 0 Å². The average molecular weight is 263 g/mol. The Balaban J connectivity index is 2.19. The van der Waals surface area contributed by atoms with Gasteiger partial charge in [0.1, 0.15) is 12.1 Å². The summed E-state index contributed by atoms with van der Waals surface area (Å²) in [5.41, 5.74) is 1.80. The van der Waals surface area contributed by atoms with Crippen LogP contribution >= 0.6 is 11.6 Å². The van der Waals surface area contributed by atoms with Crippen LogP contribution in [0.1, 0.15) is 17.0 Å². The fourth-order valence-corrected chi connectivity index (χ4v) is 2.09. The van der Waals surface area contributed by atoms with E-state index in [-0.39, 0.29) is 11.7 Å². The van der Waals surface area contributed by atoms with Crippen LogP contribution in [0.25, 0.3) is 0 Å². The molecule has 0 heterocycles. The van der Waals surface area contributed by atoms with Crippen LogP contribution in [0.15, 0.2) is 48.5 Å². The van der Waals surface area contributed by atoms with E-state index in [9.17, 15) is 9.18 Å². The monoisotopic (exact) mass is 262 g/mol. The van der Waals surface area contributed by atoms with Gasteiger partial charge in [0.25, 0.3) is 0 Å². The Kier molecular flexibility index (Phi) is 4.11. The van der Waals surface area contributed by atoms with Crippen molar-refractivity contribution in [3.63, 3.8) is 0 Å². The number of carbonyl (C=O) groups excluding carboxylic acids is 1. The van der Waals surface area contributed by atoms with Crippen LogP contribution in [0, 0.1) is 5.82 Å². The molecular formula is C15H12ClFO. The number of halogens is 2. The molecule has 0 radical (unpaired) electrons. The molecule has 0 bridgehead atoms. The Bertz CT molecular complexity index is 536. The van der Waals surface area contributed by atoms with Crippen molar-refractivity contribution in [2.75, 3.05) is 0 Å². The van der Waals surface area contributed by atoms with E-state index in [1.807, 2.05) is 18.2 Å². The lowest BCUT2D eigenvalue weighted by Crippen LogP contribution is -2.04. The lowest BCUT2D eigenvalue weighted by atomic mass is 9.93. The fraction of sp³-hybridized carbons (Fsp3) is 0.133. The predicted octanol–water partition coefficient (Wildman–Crippen LogP) is 4.00. The molecule has 2 aromatic rings. The van der Waals surface area contributed by atoms with Crippen LogP contribution in [0.3, 0.4) is 0 Å². The number of aldehydes is 1. The van der Waals surface area contributed by atoms with Crippen LogP contribution in [0.2, 0.25) is 5.02 Å². The van der Waals surface area contributed by atoms with Crippen LogP contribution in [-0.2, 0) is 11.2 Å². The second-order valence-corrected chi connectivity index (χ2v) is 4.56. The summed E-state index contributed by atoms with van der Waals surface area (Å²) in [7, 11) is 0. The molecule has 0 saturated carbocycles. The molecule has 0 fully saturated rings. The number of hydrogen-bond donors (Lipinski definition) is 0. The SMILES string of the molecule is O=CC(Cc1cccc(Cl)c1)c1ccc(F)cc1. The third-order valence-corrected chi connectivity index (χ3v) is 3.04. The molecule has 1 atom stereocenters. The first-order valence-electron chi connectivity index (χ1n) is 5.64. The molecule has 0 spiro atoms. The highest BCUT2D eigenvalue weighted by Crippen LogP contribution is 2.21. The molecule has 0 aliphatic heterocycles. The van der Waals surface area contributed by atoms with Gasteiger partial charge in [0.15, 0.2) is 0 Å². The summed E-state index contributed by atoms with van der Waals surface area (Å²) >= 11 is 5.90. The van der Waals surface area contributed by atoms with Crippen molar-refractivity contribution in [3.8, 4) is 0 Å². The first-order chi connectivity index (χ1) is 8.69. The van der Waals surface area contributed by atoms with Gasteiger partial charge < -0.3 is 4.79 Å². The lowest BCUT2D eigenvalue weighted by Gasteiger charge is -2.11. The summed E-state index contributed by atoms with van der Waals surface area (Å²) in [5.74, 6) is -0.574. The van der Waals surface area contributed by atoms with Gasteiger partial charge in [0.2, 0.25) is 0 Å². The van der Waals surface area contributed by atoms with Gasteiger partial charge in [-0.15, -0.1) is 0 Å². The minimum absolute atomic E-state index is 0.274. The van der Waals surface area contributed by atoms with Crippen LogP contribution in [0.4, 0.5) is 4.39 Å². The molecule has 2 rings (SSSR count). The van der Waals surface area contributed by atoms with Gasteiger partial charge in [-0.25, -0.2) is 4.39 Å². The summed E-state index contributed by atoms with van der Waals surface area (Å²) in [5, 5.41) is 0.649. The van der Waals surface area contributed by atoms with Crippen molar-refractivity contribution in [1.82, 2.24) is 0 Å². The molecule has 1 nitrogen and oxygen atoms in total. The first kappa shape index (κ1) is 12.8. The molecule has 2 aromatic carbocycles. The number of benzene rings is 2. The second-order valence-electron chi connectivity index (χ2n) is 4.13. The molecule has 3 heteroatoms. The van der Waals surface area contributed by atoms with Crippen LogP contribution in [-0.4, -0.2) is 6.29 Å². The summed E-state index contributed by atoms with van der Waals surface area (Å²) in [6.45, 7) is 0. The van der Waals surface area contributed by atoms with Crippen molar-refractivity contribution in [2.45, 2.75) is 12.3 Å². The largest absolute Gasteiger partial charge is 0.303 e. The van der Waals surface area contributed by atoms with Crippen molar-refractivity contribution >= 4 is 17.9 Å². The summed E-state index contributed by atoms with van der Waals surface area (Å²) in [4.78, 5) is 11.2. The van der Waals surface area contributed by atoms with Crippen LogP contribution in [0.5, 0.6) is 0 Å². The molecule has 92 valence electrons. The maximum atomic E-state index is 12.8. The molecule has 0 aliphatic rings. The Morgan fingerprint density at radius 3 is 2.50 bits per heavy atom. The Morgan fingerprint density at radius 2 is 1.89 bits per heavy atom. The Hall–Kier alpha value is -1.67. The molecule has 0 saturated heterocycles. The van der Waals surface area contributed by atoms with E-state index in [1.165, 1.54) is 12.1 Å². The topological polar surface area (TPSA) is 17.1 Å². The van der Waals surface area contributed by atoms with Crippen molar-refractivity contribution in [1.29, 1.82) is 0 Å². The van der Waals surface area contributed by atoms with Crippen LogP contribution < -0.4 is 0 Å². The second kappa shape index (κ2) is 5.78. The zero-order valence-electron chi connectivity index (χ0n) is 9.64. The van der Waals surface area contributed by atoms with Crippen molar-refractivity contribution in [3.05, 3.63) is 70.5 Å². The molecule has 0 amide bonds. The van der Waals surface area contributed by atoms with E-state index in [0.717, 1.165) is 17.4 Å². The maximum absolute atomic E-state index is 12.8. The lowest BCUT2D eigenvalue weighted by molar-refractivity contribution is -0.109. The standard InChI is InChI=1S/C15H12ClFO/c16-14-3-1-2-11(9-14)8-13(10-18)12-4-6-15(17)7-5-12/h1-7,9-10,13H,8H2. The molecule has 1 unspecified atom stereocenters. The highest BCUT2D eigenvalue weighted by Gasteiger charge is 2.11. The third-order valence-electron chi connectivity index (χ3n) is 2.81. The van der Waals surface area contributed by atoms with Gasteiger partial charge in [-0.3, -0.25) is 0 Å². The third kappa shape index (κ3) is 3.17. The van der Waals surface area contributed by atoms with E-state index < -0.39 is 0 Å². The summed E-state index contributed by atoms with van der Waals surface area (Å²) in [6, 6.07) is 13.4. The maximum Gasteiger partial charge on any atom is 0.127 e. The van der Waals surface area contributed by atoms with Gasteiger partial charge in [-0.2, -0.15) is 0 Å². The zero-order valence-corrected chi connectivity index (χ0v) is 10.4. The van der Waals surface area contributed by atoms with E-state index in [2.05, 4.69) is 0 Å². The minimum Gasteiger partial charge on any atom is -0.303 e. The van der Waals surface area contributed by atoms with E-state index in [1.54, 1.807) is 18.2 Å². The number of hydrogen-bond acceptors (Lipinski definition) is 1. The van der Waals surface area contributed by atoms with Gasteiger partial charge in [-0.1, -0.05) is 35.9 Å². The zero-order chi connectivity index (χ0) is 13.0. The highest BCUT2D eigenvalue weighted by molar-refractivity contribution is 6.30. The number of carbonyl (C=O) groups is 1. The summed E-state index contributed by atoms with van der Waals surface area (Å²) in [6.07, 6.45) is 1.45. The Labute approximate surface area is 110 Å². The Morgan fingerprint density at radius 1 is 1.17 bits per heavy atom. The van der Waals surface area contributed by atoms with Gasteiger partial charge >= 0.3 is 0 Å². The molecule has 18 heavy (non-hydrogen) atoms. The molecule has 0 N–H and O–H groups in total. The first-order valence-corrected chi connectivity index (χ1v) is 6.02. The highest BCUT2D eigenvalue weighted by atomic mass is 35.5. The molecule has 0 aliphatic carbocycles. The average Bonchev–Trinajstić information content (AvgIpc) is 2.37. The van der Waals surface area contributed by atoms with E-state index >= 15 is 0 Å².